The van der Waals surface area contributed by atoms with Crippen molar-refractivity contribution in [1.82, 2.24) is 10.2 Å². The number of carbonyl (C=O) groups is 2. The number of anilines is 1. The lowest BCUT2D eigenvalue weighted by Gasteiger charge is -2.34. The van der Waals surface area contributed by atoms with E-state index in [4.69, 9.17) is 14.2 Å². The molecule has 1 atom stereocenters. The number of benzene rings is 4. The molecule has 12 heteroatoms. The van der Waals surface area contributed by atoms with Gasteiger partial charge in [-0.3, -0.25) is 13.9 Å². The van der Waals surface area contributed by atoms with E-state index in [1.165, 1.54) is 42.3 Å². The summed E-state index contributed by atoms with van der Waals surface area (Å²) in [7, 11) is -2.90. The second-order valence-electron chi connectivity index (χ2n) is 12.0. The van der Waals surface area contributed by atoms with Crippen LogP contribution in [0.2, 0.25) is 0 Å². The summed E-state index contributed by atoms with van der Waals surface area (Å²) in [6.45, 7) is 4.18. The molecule has 0 fully saturated rings. The van der Waals surface area contributed by atoms with Gasteiger partial charge in [0.2, 0.25) is 11.8 Å². The molecular weight excluding hydrogens is 649 g/mol. The Labute approximate surface area is 286 Å². The smallest absolute Gasteiger partial charge is 0.264 e. The van der Waals surface area contributed by atoms with Crippen LogP contribution in [0.25, 0.3) is 0 Å². The highest BCUT2D eigenvalue weighted by atomic mass is 32.2. The number of hydrogen-bond acceptors (Lipinski definition) is 7. The fourth-order valence-electron chi connectivity index (χ4n) is 5.39. The fourth-order valence-corrected chi connectivity index (χ4v) is 6.82. The fraction of sp³-hybridized carbons (Fsp3) is 0.297. The van der Waals surface area contributed by atoms with Gasteiger partial charge in [-0.25, -0.2) is 12.8 Å². The number of methoxy groups -OCH3 is 1. The topological polar surface area (TPSA) is 114 Å². The van der Waals surface area contributed by atoms with Gasteiger partial charge in [-0.05, 0) is 65.6 Å². The molecule has 0 radical (unpaired) electrons. The van der Waals surface area contributed by atoms with Crippen LogP contribution in [0.3, 0.4) is 0 Å². The number of fused-ring (bicyclic) bond motifs is 1. The zero-order valence-electron chi connectivity index (χ0n) is 27.7. The van der Waals surface area contributed by atoms with Gasteiger partial charge in [0.05, 0.1) is 17.7 Å². The number of carbonyl (C=O) groups excluding carboxylic acids is 2. The summed E-state index contributed by atoms with van der Waals surface area (Å²) in [4.78, 5) is 29.8. The van der Waals surface area contributed by atoms with E-state index < -0.39 is 34.3 Å². The normalized spacial score (nSPS) is 13.0. The molecule has 49 heavy (non-hydrogen) atoms. The highest BCUT2D eigenvalue weighted by Crippen LogP contribution is 2.34. The van der Waals surface area contributed by atoms with Crippen LogP contribution in [0.4, 0.5) is 10.1 Å². The zero-order chi connectivity index (χ0) is 35.0. The lowest BCUT2D eigenvalue weighted by molar-refractivity contribution is -0.140. The molecule has 2 amide bonds. The molecule has 0 spiro atoms. The van der Waals surface area contributed by atoms with Crippen molar-refractivity contribution >= 4 is 27.5 Å². The van der Waals surface area contributed by atoms with E-state index in [0.29, 0.717) is 30.2 Å². The Morgan fingerprint density at radius 2 is 1.57 bits per heavy atom. The summed E-state index contributed by atoms with van der Waals surface area (Å²) < 4.78 is 60.3. The average molecular weight is 690 g/mol. The second-order valence-corrected chi connectivity index (χ2v) is 13.9. The molecule has 0 bridgehead atoms. The highest BCUT2D eigenvalue weighted by Gasteiger charge is 2.35. The van der Waals surface area contributed by atoms with Crippen LogP contribution in [-0.4, -0.2) is 64.6 Å². The number of sulfonamides is 1. The van der Waals surface area contributed by atoms with Crippen LogP contribution in [0.15, 0.2) is 102 Å². The standard InChI is InChI=1S/C37H40FN3O7S/c1-26(2)23-39-37(43)33(21-27-8-5-4-6-9-27)40(24-28-10-7-11-31(20-28)46-3)36(42)25-41(30-14-12-29(38)13-15-30)49(44,45)32-16-17-34-35(22-32)48-19-18-47-34/h4-17,20,22,26,33H,18-19,21,23-25H2,1-3H3,(H,39,43)/t33-/m1/s1. The van der Waals surface area contributed by atoms with Gasteiger partial charge in [0.15, 0.2) is 11.5 Å². The van der Waals surface area contributed by atoms with Gasteiger partial charge in [0.25, 0.3) is 10.0 Å². The van der Waals surface area contributed by atoms with Crippen molar-refractivity contribution in [1.29, 1.82) is 0 Å². The van der Waals surface area contributed by atoms with E-state index in [9.17, 15) is 22.4 Å². The summed E-state index contributed by atoms with van der Waals surface area (Å²) in [6.07, 6.45) is 0.173. The van der Waals surface area contributed by atoms with E-state index in [1.807, 2.05) is 44.2 Å². The molecule has 4 aromatic carbocycles. The Morgan fingerprint density at radius 3 is 2.27 bits per heavy atom. The van der Waals surface area contributed by atoms with Crippen LogP contribution in [0.1, 0.15) is 25.0 Å². The molecule has 5 rings (SSSR count). The van der Waals surface area contributed by atoms with Crippen LogP contribution in [-0.2, 0) is 32.6 Å². The molecule has 1 aliphatic heterocycles. The van der Waals surface area contributed by atoms with E-state index in [0.717, 1.165) is 22.0 Å². The summed E-state index contributed by atoms with van der Waals surface area (Å²) in [6, 6.07) is 24.4. The van der Waals surface area contributed by atoms with Crippen molar-refractivity contribution in [2.24, 2.45) is 5.92 Å². The summed E-state index contributed by atoms with van der Waals surface area (Å²) >= 11 is 0. The maximum Gasteiger partial charge on any atom is 0.264 e. The first-order valence-corrected chi connectivity index (χ1v) is 17.4. The Morgan fingerprint density at radius 1 is 0.878 bits per heavy atom. The molecule has 1 aliphatic rings. The second kappa shape index (κ2) is 15.9. The molecule has 0 saturated heterocycles. The zero-order valence-corrected chi connectivity index (χ0v) is 28.5. The van der Waals surface area contributed by atoms with Crippen molar-refractivity contribution in [2.75, 3.05) is 37.7 Å². The van der Waals surface area contributed by atoms with Crippen LogP contribution in [0.5, 0.6) is 17.2 Å². The molecule has 258 valence electrons. The number of nitrogens with zero attached hydrogens (tertiary/aromatic N) is 2. The first-order valence-electron chi connectivity index (χ1n) is 16.0. The number of nitrogens with one attached hydrogen (secondary N) is 1. The molecule has 0 unspecified atom stereocenters. The van der Waals surface area contributed by atoms with E-state index in [2.05, 4.69) is 5.32 Å². The van der Waals surface area contributed by atoms with Gasteiger partial charge in [-0.2, -0.15) is 0 Å². The lowest BCUT2D eigenvalue weighted by Crippen LogP contribution is -2.53. The minimum absolute atomic E-state index is 0.0238. The van der Waals surface area contributed by atoms with Crippen LogP contribution in [0, 0.1) is 11.7 Å². The predicted molar refractivity (Wildman–Crippen MR) is 184 cm³/mol. The number of amides is 2. The van der Waals surface area contributed by atoms with E-state index in [-0.39, 0.29) is 47.7 Å². The Balaban J connectivity index is 1.57. The Hall–Kier alpha value is -5.10. The highest BCUT2D eigenvalue weighted by molar-refractivity contribution is 7.92. The number of rotatable bonds is 14. The average Bonchev–Trinajstić information content (AvgIpc) is 3.11. The third-order valence-electron chi connectivity index (χ3n) is 7.94. The van der Waals surface area contributed by atoms with Crippen LogP contribution < -0.4 is 23.8 Å². The monoisotopic (exact) mass is 689 g/mol. The summed E-state index contributed by atoms with van der Waals surface area (Å²) in [5.74, 6) is -0.240. The van der Waals surface area contributed by atoms with Crippen molar-refractivity contribution in [3.8, 4) is 17.2 Å². The number of hydrogen-bond donors (Lipinski definition) is 1. The Bertz CT molecular complexity index is 1850. The molecule has 0 saturated carbocycles. The minimum Gasteiger partial charge on any atom is -0.497 e. The summed E-state index contributed by atoms with van der Waals surface area (Å²) in [5, 5.41) is 2.97. The van der Waals surface area contributed by atoms with Crippen molar-refractivity contribution in [3.63, 3.8) is 0 Å². The van der Waals surface area contributed by atoms with Gasteiger partial charge >= 0.3 is 0 Å². The molecule has 0 aromatic heterocycles. The molecule has 1 heterocycles. The van der Waals surface area contributed by atoms with Crippen LogP contribution >= 0.6 is 0 Å². The first kappa shape index (κ1) is 35.2. The predicted octanol–water partition coefficient (Wildman–Crippen LogP) is 5.21. The number of ether oxygens (including phenoxy) is 3. The van der Waals surface area contributed by atoms with E-state index in [1.54, 1.807) is 24.3 Å². The molecule has 0 aliphatic carbocycles. The molecule has 4 aromatic rings. The lowest BCUT2D eigenvalue weighted by atomic mass is 10.0. The van der Waals surface area contributed by atoms with Gasteiger partial charge in [0.1, 0.15) is 37.4 Å². The van der Waals surface area contributed by atoms with E-state index >= 15 is 0 Å². The summed E-state index contributed by atoms with van der Waals surface area (Å²) in [5.41, 5.74) is 1.55. The van der Waals surface area contributed by atoms with Gasteiger partial charge in [-0.1, -0.05) is 56.3 Å². The Kier molecular flexibility index (Phi) is 11.4. The molecule has 10 nitrogen and oxygen atoms in total. The minimum atomic E-state index is -4.43. The quantitative estimate of drug-likeness (QED) is 0.193. The maximum absolute atomic E-state index is 14.6. The van der Waals surface area contributed by atoms with Crippen molar-refractivity contribution in [3.05, 3.63) is 114 Å². The first-order chi connectivity index (χ1) is 23.5. The third-order valence-corrected chi connectivity index (χ3v) is 9.71. The van der Waals surface area contributed by atoms with Gasteiger partial charge in [0, 0.05) is 25.6 Å². The third kappa shape index (κ3) is 8.88. The van der Waals surface area contributed by atoms with Gasteiger partial charge in [-0.15, -0.1) is 0 Å². The molecular formula is C37H40FN3O7S. The number of halogens is 1. The maximum atomic E-state index is 14.6. The SMILES string of the molecule is COc1cccc(CN(C(=O)CN(c2ccc(F)cc2)S(=O)(=O)c2ccc3c(c2)OCCO3)[C@H](Cc2ccccc2)C(=O)NCC(C)C)c1. The van der Waals surface area contributed by atoms with Crippen molar-refractivity contribution < 1.29 is 36.6 Å². The molecule has 1 N–H and O–H groups in total. The van der Waals surface area contributed by atoms with Gasteiger partial charge < -0.3 is 24.4 Å². The van der Waals surface area contributed by atoms with Crippen molar-refractivity contribution in [2.45, 2.75) is 37.8 Å². The largest absolute Gasteiger partial charge is 0.497 e.